The highest BCUT2D eigenvalue weighted by molar-refractivity contribution is 5.81. The molecule has 0 fully saturated rings. The van der Waals surface area contributed by atoms with Crippen molar-refractivity contribution in [3.63, 3.8) is 0 Å². The zero-order valence-electron chi connectivity index (χ0n) is 15.1. The van der Waals surface area contributed by atoms with Crippen LogP contribution in [0.4, 0.5) is 5.69 Å². The van der Waals surface area contributed by atoms with Crippen molar-refractivity contribution in [2.45, 2.75) is 20.3 Å². The van der Waals surface area contributed by atoms with Crippen molar-refractivity contribution in [1.82, 2.24) is 10.2 Å². The van der Waals surface area contributed by atoms with Crippen molar-refractivity contribution in [1.29, 1.82) is 0 Å². The Morgan fingerprint density at radius 3 is 2.54 bits per heavy atom. The van der Waals surface area contributed by atoms with Gasteiger partial charge in [-0.05, 0) is 0 Å². The van der Waals surface area contributed by atoms with Crippen molar-refractivity contribution >= 4 is 23.5 Å². The summed E-state index contributed by atoms with van der Waals surface area (Å²) in [5.41, 5.74) is 0.154. The molecule has 0 saturated carbocycles. The van der Waals surface area contributed by atoms with Gasteiger partial charge in [0.15, 0.2) is 0 Å². The highest BCUT2D eigenvalue weighted by Gasteiger charge is 2.23. The number of nitro groups is 1. The zero-order chi connectivity index (χ0) is 19.7. The number of methoxy groups -OCH3 is 1. The van der Waals surface area contributed by atoms with Gasteiger partial charge in [0.25, 0.3) is 5.69 Å². The lowest BCUT2D eigenvalue weighted by Gasteiger charge is -2.25. The van der Waals surface area contributed by atoms with Crippen LogP contribution in [0.15, 0.2) is 24.3 Å². The molecule has 1 N–H and O–H groups in total. The first-order valence-corrected chi connectivity index (χ1v) is 8.08. The summed E-state index contributed by atoms with van der Waals surface area (Å²) in [4.78, 5) is 47.3. The third kappa shape index (κ3) is 6.50. The number of ether oxygens (including phenoxy) is 1. The topological polar surface area (TPSA) is 119 Å². The average molecular weight is 365 g/mol. The lowest BCUT2D eigenvalue weighted by molar-refractivity contribution is -0.385. The molecule has 0 aliphatic carbocycles. The molecule has 0 aromatic heterocycles. The predicted molar refractivity (Wildman–Crippen MR) is 93.2 cm³/mol. The van der Waals surface area contributed by atoms with E-state index < -0.39 is 16.8 Å². The van der Waals surface area contributed by atoms with Gasteiger partial charge in [0.2, 0.25) is 11.8 Å². The first-order chi connectivity index (χ1) is 12.3. The van der Waals surface area contributed by atoms with Crippen LogP contribution in [-0.2, 0) is 25.5 Å². The molecule has 0 bridgehead atoms. The smallest absolute Gasteiger partial charge is 0.310 e. The first-order valence-electron chi connectivity index (χ1n) is 8.08. The summed E-state index contributed by atoms with van der Waals surface area (Å²) in [5, 5.41) is 13.7. The van der Waals surface area contributed by atoms with E-state index in [0.29, 0.717) is 0 Å². The number of esters is 1. The highest BCUT2D eigenvalue weighted by atomic mass is 16.6. The molecule has 9 heteroatoms. The average Bonchev–Trinajstić information content (AvgIpc) is 2.59. The number of nitro benzene ring substituents is 1. The summed E-state index contributed by atoms with van der Waals surface area (Å²) in [6.45, 7) is 3.46. The Morgan fingerprint density at radius 1 is 1.31 bits per heavy atom. The maximum absolute atomic E-state index is 12.6. The van der Waals surface area contributed by atoms with Gasteiger partial charge < -0.3 is 15.0 Å². The van der Waals surface area contributed by atoms with Gasteiger partial charge in [-0.15, -0.1) is 0 Å². The van der Waals surface area contributed by atoms with E-state index in [4.69, 9.17) is 0 Å². The van der Waals surface area contributed by atoms with Crippen LogP contribution >= 0.6 is 0 Å². The maximum Gasteiger partial charge on any atom is 0.310 e. The number of para-hydroxylation sites is 1. The number of rotatable bonds is 9. The molecule has 1 atom stereocenters. The third-order valence-corrected chi connectivity index (χ3v) is 3.74. The number of hydrogen-bond donors (Lipinski definition) is 1. The molecular formula is C17H23N3O6. The number of nitrogens with one attached hydrogen (secondary N) is 1. The van der Waals surface area contributed by atoms with E-state index in [1.165, 1.54) is 37.1 Å². The molecule has 9 nitrogen and oxygen atoms in total. The minimum Gasteiger partial charge on any atom is -0.469 e. The fourth-order valence-corrected chi connectivity index (χ4v) is 2.40. The number of carbonyl (C=O) groups excluding carboxylic acids is 3. The van der Waals surface area contributed by atoms with Crippen LogP contribution in [0.25, 0.3) is 0 Å². The molecule has 0 heterocycles. The van der Waals surface area contributed by atoms with Crippen LogP contribution < -0.4 is 5.32 Å². The van der Waals surface area contributed by atoms with Crippen LogP contribution in [0.2, 0.25) is 0 Å². The third-order valence-electron chi connectivity index (χ3n) is 3.74. The lowest BCUT2D eigenvalue weighted by Crippen LogP contribution is -2.42. The van der Waals surface area contributed by atoms with Gasteiger partial charge in [0.1, 0.15) is 0 Å². The molecule has 26 heavy (non-hydrogen) atoms. The molecule has 1 unspecified atom stereocenters. The number of nitrogens with zero attached hydrogens (tertiary/aromatic N) is 2. The van der Waals surface area contributed by atoms with Crippen LogP contribution in [0.5, 0.6) is 0 Å². The Morgan fingerprint density at radius 2 is 1.96 bits per heavy atom. The van der Waals surface area contributed by atoms with Gasteiger partial charge in [-0.25, -0.2) is 0 Å². The van der Waals surface area contributed by atoms with Crippen LogP contribution in [0, 0.1) is 16.0 Å². The molecule has 0 radical (unpaired) electrons. The molecule has 142 valence electrons. The second kappa shape index (κ2) is 10.1. The minimum atomic E-state index is -0.563. The fourth-order valence-electron chi connectivity index (χ4n) is 2.40. The first kappa shape index (κ1) is 21.1. The molecule has 0 spiro atoms. The normalized spacial score (nSPS) is 11.3. The Balaban J connectivity index is 2.90. The molecule has 1 aromatic carbocycles. The van der Waals surface area contributed by atoms with Crippen molar-refractivity contribution in [2.24, 2.45) is 5.92 Å². The largest absolute Gasteiger partial charge is 0.469 e. The summed E-state index contributed by atoms with van der Waals surface area (Å²) in [5.74, 6) is -1.64. The molecule has 0 aliphatic rings. The Hall–Kier alpha value is -2.97. The monoisotopic (exact) mass is 365 g/mol. The van der Waals surface area contributed by atoms with Crippen LogP contribution in [0.1, 0.15) is 19.4 Å². The van der Waals surface area contributed by atoms with Gasteiger partial charge in [0, 0.05) is 38.2 Å². The van der Waals surface area contributed by atoms with E-state index in [9.17, 15) is 24.5 Å². The second-order valence-electron chi connectivity index (χ2n) is 5.81. The lowest BCUT2D eigenvalue weighted by atomic mass is 10.1. The summed E-state index contributed by atoms with van der Waals surface area (Å²) in [6.07, 6.45) is -0.175. The van der Waals surface area contributed by atoms with Gasteiger partial charge in [-0.2, -0.15) is 0 Å². The van der Waals surface area contributed by atoms with Crippen LogP contribution in [-0.4, -0.2) is 54.4 Å². The maximum atomic E-state index is 12.6. The molecular weight excluding hydrogens is 342 g/mol. The van der Waals surface area contributed by atoms with Gasteiger partial charge in [0.05, 0.1) is 24.4 Å². The zero-order valence-corrected chi connectivity index (χ0v) is 15.1. The quantitative estimate of drug-likeness (QED) is 0.395. The molecule has 2 amide bonds. The Kier molecular flexibility index (Phi) is 8.20. The Labute approximate surface area is 151 Å². The summed E-state index contributed by atoms with van der Waals surface area (Å²) >= 11 is 0. The SMILES string of the molecule is COC(=O)C(C)CN(CCNC(C)=O)C(=O)Cc1ccccc1[N+](=O)[O-]. The van der Waals surface area contributed by atoms with Gasteiger partial charge in [-0.1, -0.05) is 25.1 Å². The minimum absolute atomic E-state index is 0.0890. The van der Waals surface area contributed by atoms with Crippen molar-refractivity contribution in [3.05, 3.63) is 39.9 Å². The summed E-state index contributed by atoms with van der Waals surface area (Å²) in [7, 11) is 1.26. The fraction of sp³-hybridized carbons (Fsp3) is 0.471. The molecule has 0 saturated heterocycles. The van der Waals surface area contributed by atoms with E-state index in [0.717, 1.165) is 0 Å². The second-order valence-corrected chi connectivity index (χ2v) is 5.81. The molecule has 0 aliphatic heterocycles. The van der Waals surface area contributed by atoms with E-state index in [-0.39, 0.29) is 49.1 Å². The van der Waals surface area contributed by atoms with E-state index >= 15 is 0 Å². The number of hydrogen-bond acceptors (Lipinski definition) is 6. The Bertz CT molecular complexity index is 676. The van der Waals surface area contributed by atoms with Gasteiger partial charge >= 0.3 is 5.97 Å². The summed E-state index contributed by atoms with van der Waals surface area (Å²) in [6, 6.07) is 6.00. The van der Waals surface area contributed by atoms with E-state index in [1.807, 2.05) is 0 Å². The van der Waals surface area contributed by atoms with E-state index in [2.05, 4.69) is 10.1 Å². The van der Waals surface area contributed by atoms with Crippen molar-refractivity contribution in [2.75, 3.05) is 26.7 Å². The van der Waals surface area contributed by atoms with Crippen LogP contribution in [0.3, 0.4) is 0 Å². The standard InChI is InChI=1S/C17H23N3O6/c1-12(17(23)26-3)11-19(9-8-18-13(2)21)16(22)10-14-6-4-5-7-15(14)20(24)25/h4-7,12H,8-11H2,1-3H3,(H,18,21). The number of benzene rings is 1. The number of carbonyl (C=O) groups is 3. The number of amides is 2. The van der Waals surface area contributed by atoms with E-state index in [1.54, 1.807) is 13.0 Å². The summed E-state index contributed by atoms with van der Waals surface area (Å²) < 4.78 is 4.67. The molecule has 1 rings (SSSR count). The predicted octanol–water partition coefficient (Wildman–Crippen LogP) is 0.911. The van der Waals surface area contributed by atoms with Crippen molar-refractivity contribution in [3.8, 4) is 0 Å². The van der Waals surface area contributed by atoms with Crippen molar-refractivity contribution < 1.29 is 24.0 Å². The molecule has 1 aromatic rings. The van der Waals surface area contributed by atoms with Gasteiger partial charge in [-0.3, -0.25) is 24.5 Å². The highest BCUT2D eigenvalue weighted by Crippen LogP contribution is 2.19.